The Bertz CT molecular complexity index is 1060. The molecule has 0 atom stereocenters. The Morgan fingerprint density at radius 1 is 0.893 bits per heavy atom. The van der Waals surface area contributed by atoms with E-state index in [9.17, 15) is 0 Å². The highest BCUT2D eigenvalue weighted by atomic mass is 32.1. The predicted octanol–water partition coefficient (Wildman–Crippen LogP) is 4.97. The Hall–Kier alpha value is -3.32. The van der Waals surface area contributed by atoms with Crippen molar-refractivity contribution in [3.05, 3.63) is 77.2 Å². The van der Waals surface area contributed by atoms with Crippen molar-refractivity contribution >= 4 is 28.7 Å². The van der Waals surface area contributed by atoms with Gasteiger partial charge in [0.05, 0.1) is 6.54 Å². The molecule has 4 aromatic rings. The quantitative estimate of drug-likeness (QED) is 0.486. The number of hydrogen-bond donors (Lipinski definition) is 2. The molecule has 0 saturated carbocycles. The molecular formula is C21H20N6S. The van der Waals surface area contributed by atoms with Crippen LogP contribution in [-0.2, 0) is 6.54 Å². The number of anilines is 3. The molecular weight excluding hydrogens is 368 g/mol. The number of aromatic nitrogens is 4. The van der Waals surface area contributed by atoms with Crippen molar-refractivity contribution < 1.29 is 0 Å². The van der Waals surface area contributed by atoms with Crippen molar-refractivity contribution in [1.29, 1.82) is 0 Å². The molecule has 0 fully saturated rings. The third-order valence-electron chi connectivity index (χ3n) is 4.05. The van der Waals surface area contributed by atoms with Crippen LogP contribution in [0, 0.1) is 13.8 Å². The molecule has 0 aliphatic rings. The normalized spacial score (nSPS) is 10.6. The van der Waals surface area contributed by atoms with E-state index in [0.29, 0.717) is 12.5 Å². The maximum Gasteiger partial charge on any atom is 0.227 e. The van der Waals surface area contributed by atoms with Gasteiger partial charge in [-0.15, -0.1) is 11.3 Å². The number of thiazole rings is 1. The van der Waals surface area contributed by atoms with Gasteiger partial charge in [-0.05, 0) is 55.3 Å². The summed E-state index contributed by atoms with van der Waals surface area (Å²) in [4.78, 5) is 18.6. The first-order valence-corrected chi connectivity index (χ1v) is 9.75. The van der Waals surface area contributed by atoms with E-state index >= 15 is 0 Å². The van der Waals surface area contributed by atoms with Crippen LogP contribution < -0.4 is 10.6 Å². The molecule has 0 amide bonds. The van der Waals surface area contributed by atoms with E-state index in [1.807, 2.05) is 24.4 Å². The van der Waals surface area contributed by atoms with E-state index in [1.165, 1.54) is 11.1 Å². The smallest absolute Gasteiger partial charge is 0.227 e. The Kier molecular flexibility index (Phi) is 5.25. The minimum atomic E-state index is 0.564. The van der Waals surface area contributed by atoms with Crippen LogP contribution >= 0.6 is 11.3 Å². The molecule has 2 N–H and O–H groups in total. The van der Waals surface area contributed by atoms with Crippen molar-refractivity contribution in [2.75, 3.05) is 10.6 Å². The second-order valence-electron chi connectivity index (χ2n) is 6.49. The SMILES string of the molecule is Cc1cc(C)cc(Nc2nccc(-c3ncc(CNc4ccncc4)s3)n2)c1. The summed E-state index contributed by atoms with van der Waals surface area (Å²) < 4.78 is 0. The zero-order valence-corrected chi connectivity index (χ0v) is 16.5. The zero-order valence-electron chi connectivity index (χ0n) is 15.7. The van der Waals surface area contributed by atoms with Crippen molar-refractivity contribution in [1.82, 2.24) is 19.9 Å². The van der Waals surface area contributed by atoms with Gasteiger partial charge < -0.3 is 10.6 Å². The average molecular weight is 389 g/mol. The number of aryl methyl sites for hydroxylation is 2. The molecule has 0 aliphatic heterocycles. The fourth-order valence-electron chi connectivity index (χ4n) is 2.88. The third kappa shape index (κ3) is 4.50. The third-order valence-corrected chi connectivity index (χ3v) is 5.07. The minimum Gasteiger partial charge on any atom is -0.380 e. The predicted molar refractivity (Wildman–Crippen MR) is 114 cm³/mol. The summed E-state index contributed by atoms with van der Waals surface area (Å²) in [5.74, 6) is 0.564. The van der Waals surface area contributed by atoms with E-state index in [2.05, 4.69) is 62.6 Å². The fourth-order valence-corrected chi connectivity index (χ4v) is 3.70. The summed E-state index contributed by atoms with van der Waals surface area (Å²) in [6.07, 6.45) is 7.17. The molecule has 0 radical (unpaired) electrons. The molecule has 7 heteroatoms. The largest absolute Gasteiger partial charge is 0.380 e. The standard InChI is InChI=1S/C21H20N6S/c1-14-9-15(2)11-17(10-14)26-21-23-8-5-19(27-21)20-25-13-18(28-20)12-24-16-3-6-22-7-4-16/h3-11,13H,12H2,1-2H3,(H,22,24)(H,23,26,27). The first-order valence-electron chi connectivity index (χ1n) is 8.93. The van der Waals surface area contributed by atoms with Gasteiger partial charge in [-0.1, -0.05) is 6.07 Å². The molecule has 28 heavy (non-hydrogen) atoms. The molecule has 1 aromatic carbocycles. The fraction of sp³-hybridized carbons (Fsp3) is 0.143. The lowest BCUT2D eigenvalue weighted by molar-refractivity contribution is 1.15. The monoisotopic (exact) mass is 388 g/mol. The molecule has 3 heterocycles. The molecule has 0 unspecified atom stereocenters. The van der Waals surface area contributed by atoms with Gasteiger partial charge in [0, 0.05) is 41.0 Å². The number of benzene rings is 1. The van der Waals surface area contributed by atoms with Gasteiger partial charge in [0.15, 0.2) is 0 Å². The molecule has 140 valence electrons. The maximum atomic E-state index is 4.63. The van der Waals surface area contributed by atoms with Gasteiger partial charge in [0.1, 0.15) is 10.7 Å². The summed E-state index contributed by atoms with van der Waals surface area (Å²) in [5.41, 5.74) is 5.22. The van der Waals surface area contributed by atoms with E-state index in [0.717, 1.165) is 27.0 Å². The van der Waals surface area contributed by atoms with Gasteiger partial charge in [-0.25, -0.2) is 15.0 Å². The van der Waals surface area contributed by atoms with Crippen LogP contribution in [0.15, 0.2) is 61.2 Å². The zero-order chi connectivity index (χ0) is 19.3. The lowest BCUT2D eigenvalue weighted by atomic mass is 10.1. The van der Waals surface area contributed by atoms with Crippen LogP contribution in [0.1, 0.15) is 16.0 Å². The molecule has 0 spiro atoms. The van der Waals surface area contributed by atoms with E-state index in [4.69, 9.17) is 0 Å². The number of nitrogens with one attached hydrogen (secondary N) is 2. The summed E-state index contributed by atoms with van der Waals surface area (Å²) in [7, 11) is 0. The Labute approximate surface area is 167 Å². The molecule has 3 aromatic heterocycles. The lowest BCUT2D eigenvalue weighted by Crippen LogP contribution is -1.98. The van der Waals surface area contributed by atoms with E-state index < -0.39 is 0 Å². The van der Waals surface area contributed by atoms with E-state index in [-0.39, 0.29) is 0 Å². The summed E-state index contributed by atoms with van der Waals surface area (Å²) >= 11 is 1.62. The highest BCUT2D eigenvalue weighted by molar-refractivity contribution is 7.15. The molecule has 0 saturated heterocycles. The van der Waals surface area contributed by atoms with Gasteiger partial charge in [0.25, 0.3) is 0 Å². The second-order valence-corrected chi connectivity index (χ2v) is 7.60. The number of hydrogen-bond acceptors (Lipinski definition) is 7. The van der Waals surface area contributed by atoms with Crippen molar-refractivity contribution in [2.24, 2.45) is 0 Å². The molecule has 6 nitrogen and oxygen atoms in total. The van der Waals surface area contributed by atoms with Crippen LogP contribution in [0.25, 0.3) is 10.7 Å². The first-order chi connectivity index (χ1) is 13.7. The van der Waals surface area contributed by atoms with Crippen LogP contribution in [-0.4, -0.2) is 19.9 Å². The minimum absolute atomic E-state index is 0.564. The Morgan fingerprint density at radius 2 is 1.68 bits per heavy atom. The first kappa shape index (κ1) is 18.1. The molecule has 0 bridgehead atoms. The van der Waals surface area contributed by atoms with Crippen LogP contribution in [0.2, 0.25) is 0 Å². The van der Waals surface area contributed by atoms with Gasteiger partial charge in [-0.2, -0.15) is 0 Å². The summed E-state index contributed by atoms with van der Waals surface area (Å²) in [6, 6.07) is 12.1. The van der Waals surface area contributed by atoms with Crippen molar-refractivity contribution in [2.45, 2.75) is 20.4 Å². The van der Waals surface area contributed by atoms with E-state index in [1.54, 1.807) is 29.9 Å². The average Bonchev–Trinajstić information content (AvgIpc) is 3.16. The van der Waals surface area contributed by atoms with Crippen LogP contribution in [0.5, 0.6) is 0 Å². The molecule has 4 rings (SSSR count). The number of pyridine rings is 1. The Morgan fingerprint density at radius 3 is 2.46 bits per heavy atom. The highest BCUT2D eigenvalue weighted by Crippen LogP contribution is 2.25. The van der Waals surface area contributed by atoms with Gasteiger partial charge in [0.2, 0.25) is 5.95 Å². The number of rotatable bonds is 6. The van der Waals surface area contributed by atoms with Crippen molar-refractivity contribution in [3.63, 3.8) is 0 Å². The summed E-state index contributed by atoms with van der Waals surface area (Å²) in [6.45, 7) is 4.86. The molecule has 0 aliphatic carbocycles. The summed E-state index contributed by atoms with van der Waals surface area (Å²) in [5, 5.41) is 7.52. The number of nitrogens with zero attached hydrogens (tertiary/aromatic N) is 4. The van der Waals surface area contributed by atoms with Crippen molar-refractivity contribution in [3.8, 4) is 10.7 Å². The Balaban J connectivity index is 1.47. The van der Waals surface area contributed by atoms with Gasteiger partial charge >= 0.3 is 0 Å². The van der Waals surface area contributed by atoms with Gasteiger partial charge in [-0.3, -0.25) is 4.98 Å². The topological polar surface area (TPSA) is 75.6 Å². The van der Waals surface area contributed by atoms with Crippen LogP contribution in [0.3, 0.4) is 0 Å². The second kappa shape index (κ2) is 8.14. The van der Waals surface area contributed by atoms with Crippen LogP contribution in [0.4, 0.5) is 17.3 Å². The lowest BCUT2D eigenvalue weighted by Gasteiger charge is -2.07. The highest BCUT2D eigenvalue weighted by Gasteiger charge is 2.08. The maximum absolute atomic E-state index is 4.63.